The van der Waals surface area contributed by atoms with Crippen LogP contribution in [0.5, 0.6) is 5.75 Å². The monoisotopic (exact) mass is 214 g/mol. The molecule has 3 nitrogen and oxygen atoms in total. The molecule has 3 rings (SSSR count). The lowest BCUT2D eigenvalue weighted by Gasteiger charge is -2.19. The molecule has 0 N–H and O–H groups in total. The molecule has 0 spiro atoms. The van der Waals surface area contributed by atoms with Crippen molar-refractivity contribution < 1.29 is 4.74 Å². The van der Waals surface area contributed by atoms with Crippen LogP contribution in [0.2, 0.25) is 0 Å². The number of aromatic nitrogens is 2. The van der Waals surface area contributed by atoms with Crippen LogP contribution in [0.1, 0.15) is 16.8 Å². The number of aryl methyl sites for hydroxylation is 3. The van der Waals surface area contributed by atoms with Gasteiger partial charge in [-0.2, -0.15) is 5.10 Å². The summed E-state index contributed by atoms with van der Waals surface area (Å²) in [5.74, 6) is 0.959. The molecule has 1 aromatic heterocycles. The summed E-state index contributed by atoms with van der Waals surface area (Å²) in [6.45, 7) is 4.76. The van der Waals surface area contributed by atoms with Crippen molar-refractivity contribution in [3.63, 3.8) is 0 Å². The van der Waals surface area contributed by atoms with Gasteiger partial charge in [0, 0.05) is 18.2 Å². The maximum absolute atomic E-state index is 5.75. The SMILES string of the molecule is Cc1ccc2c(c1)-c1c(c(C)nn1C)CO2. The van der Waals surface area contributed by atoms with E-state index in [-0.39, 0.29) is 0 Å². The van der Waals surface area contributed by atoms with Gasteiger partial charge in [0.05, 0.1) is 11.4 Å². The number of benzene rings is 1. The Morgan fingerprint density at radius 2 is 2.12 bits per heavy atom. The van der Waals surface area contributed by atoms with Gasteiger partial charge in [-0.1, -0.05) is 11.6 Å². The molecule has 0 saturated heterocycles. The lowest BCUT2D eigenvalue weighted by atomic mass is 10.0. The molecule has 0 aliphatic carbocycles. The third-order valence-corrected chi connectivity index (χ3v) is 3.11. The van der Waals surface area contributed by atoms with Crippen LogP contribution in [0.4, 0.5) is 0 Å². The molecule has 82 valence electrons. The maximum Gasteiger partial charge on any atom is 0.129 e. The first kappa shape index (κ1) is 9.46. The smallest absolute Gasteiger partial charge is 0.129 e. The van der Waals surface area contributed by atoms with Gasteiger partial charge < -0.3 is 4.74 Å². The largest absolute Gasteiger partial charge is 0.488 e. The van der Waals surface area contributed by atoms with Gasteiger partial charge in [0.25, 0.3) is 0 Å². The predicted octanol–water partition coefficient (Wildman–Crippen LogP) is 2.60. The lowest BCUT2D eigenvalue weighted by molar-refractivity contribution is 0.301. The van der Waals surface area contributed by atoms with Crippen molar-refractivity contribution in [1.82, 2.24) is 9.78 Å². The van der Waals surface area contributed by atoms with Gasteiger partial charge >= 0.3 is 0 Å². The first-order valence-electron chi connectivity index (χ1n) is 5.43. The highest BCUT2D eigenvalue weighted by Crippen LogP contribution is 2.38. The Hall–Kier alpha value is -1.77. The topological polar surface area (TPSA) is 27.1 Å². The van der Waals surface area contributed by atoms with E-state index in [9.17, 15) is 0 Å². The Bertz CT molecular complexity index is 570. The van der Waals surface area contributed by atoms with Gasteiger partial charge in [0.2, 0.25) is 0 Å². The first-order chi connectivity index (χ1) is 7.66. The van der Waals surface area contributed by atoms with E-state index in [1.54, 1.807) is 0 Å². The molecule has 2 heterocycles. The van der Waals surface area contributed by atoms with E-state index in [1.165, 1.54) is 16.8 Å². The molecule has 0 amide bonds. The second kappa shape index (κ2) is 3.11. The summed E-state index contributed by atoms with van der Waals surface area (Å²) in [5, 5.41) is 4.46. The van der Waals surface area contributed by atoms with E-state index >= 15 is 0 Å². The number of hydrogen-bond donors (Lipinski definition) is 0. The Morgan fingerprint density at radius 3 is 2.94 bits per heavy atom. The van der Waals surface area contributed by atoms with Crippen LogP contribution >= 0.6 is 0 Å². The predicted molar refractivity (Wildman–Crippen MR) is 62.5 cm³/mol. The molecule has 3 heteroatoms. The molecule has 0 atom stereocenters. The Labute approximate surface area is 94.7 Å². The Morgan fingerprint density at radius 1 is 1.31 bits per heavy atom. The van der Waals surface area contributed by atoms with E-state index in [0.717, 1.165) is 17.0 Å². The molecule has 1 aromatic carbocycles. The highest BCUT2D eigenvalue weighted by molar-refractivity contribution is 5.73. The standard InChI is InChI=1S/C13H14N2O/c1-8-4-5-12-10(6-8)13-11(7-16-12)9(2)14-15(13)3/h4-6H,7H2,1-3H3. The second-order valence-electron chi connectivity index (χ2n) is 4.32. The van der Waals surface area contributed by atoms with Crippen molar-refractivity contribution in [2.24, 2.45) is 7.05 Å². The third-order valence-electron chi connectivity index (χ3n) is 3.11. The van der Waals surface area contributed by atoms with Gasteiger partial charge in [-0.05, 0) is 26.0 Å². The Kier molecular flexibility index (Phi) is 1.84. The first-order valence-corrected chi connectivity index (χ1v) is 5.43. The van der Waals surface area contributed by atoms with Gasteiger partial charge in [-0.3, -0.25) is 4.68 Å². The summed E-state index contributed by atoms with van der Waals surface area (Å²) >= 11 is 0. The quantitative estimate of drug-likeness (QED) is 0.674. The zero-order valence-electron chi connectivity index (χ0n) is 9.74. The average molecular weight is 214 g/mol. The van der Waals surface area contributed by atoms with Gasteiger partial charge in [0.1, 0.15) is 12.4 Å². The van der Waals surface area contributed by atoms with Crippen LogP contribution in [0.25, 0.3) is 11.3 Å². The van der Waals surface area contributed by atoms with Crippen LogP contribution in [0, 0.1) is 13.8 Å². The van der Waals surface area contributed by atoms with Crippen LogP contribution < -0.4 is 4.74 Å². The molecule has 0 bridgehead atoms. The summed E-state index contributed by atoms with van der Waals surface area (Å²) in [6, 6.07) is 6.28. The minimum Gasteiger partial charge on any atom is -0.488 e. The van der Waals surface area contributed by atoms with Crippen LogP contribution in [-0.2, 0) is 13.7 Å². The lowest BCUT2D eigenvalue weighted by Crippen LogP contribution is -2.07. The molecule has 16 heavy (non-hydrogen) atoms. The molecular weight excluding hydrogens is 200 g/mol. The van der Waals surface area contributed by atoms with Crippen molar-refractivity contribution in [1.29, 1.82) is 0 Å². The molecule has 0 fully saturated rings. The second-order valence-corrected chi connectivity index (χ2v) is 4.32. The fraction of sp³-hybridized carbons (Fsp3) is 0.308. The number of ether oxygens (including phenoxy) is 1. The maximum atomic E-state index is 5.75. The van der Waals surface area contributed by atoms with E-state index in [1.807, 2.05) is 24.7 Å². The summed E-state index contributed by atoms with van der Waals surface area (Å²) in [5.41, 5.74) is 5.87. The molecule has 0 unspecified atom stereocenters. The van der Waals surface area contributed by atoms with E-state index < -0.39 is 0 Å². The van der Waals surface area contributed by atoms with Crippen molar-refractivity contribution in [2.75, 3.05) is 0 Å². The number of hydrogen-bond acceptors (Lipinski definition) is 2. The van der Waals surface area contributed by atoms with Gasteiger partial charge in [0.15, 0.2) is 0 Å². The van der Waals surface area contributed by atoms with Crippen LogP contribution in [-0.4, -0.2) is 9.78 Å². The van der Waals surface area contributed by atoms with Crippen LogP contribution in [0.3, 0.4) is 0 Å². The van der Waals surface area contributed by atoms with E-state index in [2.05, 4.69) is 24.2 Å². The molecular formula is C13H14N2O. The molecule has 0 radical (unpaired) electrons. The number of fused-ring (bicyclic) bond motifs is 3. The van der Waals surface area contributed by atoms with Gasteiger partial charge in [-0.25, -0.2) is 0 Å². The normalized spacial score (nSPS) is 12.9. The highest BCUT2D eigenvalue weighted by atomic mass is 16.5. The van der Waals surface area contributed by atoms with Crippen molar-refractivity contribution in [3.8, 4) is 17.0 Å². The average Bonchev–Trinajstić information content (AvgIpc) is 2.54. The number of rotatable bonds is 0. The zero-order chi connectivity index (χ0) is 11.3. The fourth-order valence-corrected chi connectivity index (χ4v) is 2.32. The summed E-state index contributed by atoms with van der Waals surface area (Å²) in [7, 11) is 1.99. The summed E-state index contributed by atoms with van der Waals surface area (Å²) in [4.78, 5) is 0. The molecule has 2 aromatic rings. The summed E-state index contributed by atoms with van der Waals surface area (Å²) in [6.07, 6.45) is 0. The zero-order valence-corrected chi connectivity index (χ0v) is 9.74. The van der Waals surface area contributed by atoms with Crippen molar-refractivity contribution in [3.05, 3.63) is 35.0 Å². The van der Waals surface area contributed by atoms with Crippen molar-refractivity contribution >= 4 is 0 Å². The van der Waals surface area contributed by atoms with E-state index in [4.69, 9.17) is 4.74 Å². The minimum absolute atomic E-state index is 0.630. The number of nitrogens with zero attached hydrogens (tertiary/aromatic N) is 2. The highest BCUT2D eigenvalue weighted by Gasteiger charge is 2.23. The van der Waals surface area contributed by atoms with Gasteiger partial charge in [-0.15, -0.1) is 0 Å². The third kappa shape index (κ3) is 1.18. The molecule has 1 aliphatic rings. The molecule has 1 aliphatic heterocycles. The summed E-state index contributed by atoms with van der Waals surface area (Å²) < 4.78 is 7.70. The Balaban J connectivity index is 2.33. The fourth-order valence-electron chi connectivity index (χ4n) is 2.32. The van der Waals surface area contributed by atoms with Crippen molar-refractivity contribution in [2.45, 2.75) is 20.5 Å². The minimum atomic E-state index is 0.630. The van der Waals surface area contributed by atoms with Crippen LogP contribution in [0.15, 0.2) is 18.2 Å². The molecule has 0 saturated carbocycles. The van der Waals surface area contributed by atoms with E-state index in [0.29, 0.717) is 6.61 Å².